The van der Waals surface area contributed by atoms with E-state index in [9.17, 15) is 9.59 Å². The zero-order valence-electron chi connectivity index (χ0n) is 12.6. The van der Waals surface area contributed by atoms with Crippen LogP contribution in [0.25, 0.3) is 11.1 Å². The average Bonchev–Trinajstić information content (AvgIpc) is 2.56. The van der Waals surface area contributed by atoms with Crippen LogP contribution in [0.1, 0.15) is 0 Å². The molecular weight excluding hydrogens is 469 g/mol. The van der Waals surface area contributed by atoms with Gasteiger partial charge in [0.1, 0.15) is 23.3 Å². The fourth-order valence-electron chi connectivity index (χ4n) is 2.01. The van der Waals surface area contributed by atoms with Gasteiger partial charge in [-0.25, -0.2) is 0 Å². The highest BCUT2D eigenvalue weighted by Crippen LogP contribution is 2.45. The van der Waals surface area contributed by atoms with Crippen molar-refractivity contribution in [2.24, 2.45) is 0 Å². The lowest BCUT2D eigenvalue weighted by Crippen LogP contribution is -2.09. The zero-order chi connectivity index (χ0) is 19.4. The lowest BCUT2D eigenvalue weighted by Gasteiger charge is -2.14. The summed E-state index contributed by atoms with van der Waals surface area (Å²) in [6.07, 6.45) is 0. The fraction of sp³-hybridized carbons (Fsp3) is 0.125. The first kappa shape index (κ1) is 21.4. The van der Waals surface area contributed by atoms with Gasteiger partial charge in [0.25, 0.3) is 0 Å². The maximum absolute atomic E-state index is 11.3. The van der Waals surface area contributed by atoms with E-state index in [0.717, 1.165) is 0 Å². The molecule has 0 bridgehead atoms. The molecule has 0 N–H and O–H groups in total. The van der Waals surface area contributed by atoms with Crippen molar-refractivity contribution in [2.75, 3.05) is 11.8 Å². The summed E-state index contributed by atoms with van der Waals surface area (Å²) in [6, 6.07) is 5.51. The molecule has 0 aromatic heterocycles. The molecule has 0 fully saturated rings. The smallest absolute Gasteiger partial charge is 0.326 e. The van der Waals surface area contributed by atoms with Crippen molar-refractivity contribution in [1.82, 2.24) is 0 Å². The Morgan fingerprint density at radius 2 is 0.923 bits per heavy atom. The van der Waals surface area contributed by atoms with Gasteiger partial charge in [-0.1, -0.05) is 46.4 Å². The van der Waals surface area contributed by atoms with Gasteiger partial charge < -0.3 is 9.47 Å². The van der Waals surface area contributed by atoms with Crippen LogP contribution in [-0.4, -0.2) is 23.7 Å². The highest BCUT2D eigenvalue weighted by molar-refractivity contribution is 6.44. The Kier molecular flexibility index (Phi) is 7.71. The third-order valence-corrected chi connectivity index (χ3v) is 4.59. The maximum atomic E-state index is 11.3. The standard InChI is InChI=1S/C16H8Cl6O4/c17-5-13(23)25-7-1-9(19)15(10(20)2-7)16-11(21)3-8(4-12(16)22)26-14(24)6-18/h1-4H,5-6H2. The molecule has 0 heterocycles. The van der Waals surface area contributed by atoms with Gasteiger partial charge in [0.05, 0.1) is 20.1 Å². The molecular formula is C16H8Cl6O4. The lowest BCUT2D eigenvalue weighted by molar-refractivity contribution is -0.132. The number of hydrogen-bond acceptors (Lipinski definition) is 4. The molecule has 2 aromatic rings. The number of ether oxygens (including phenoxy) is 2. The first-order valence-corrected chi connectivity index (χ1v) is 9.36. The highest BCUT2D eigenvalue weighted by atomic mass is 35.5. The van der Waals surface area contributed by atoms with Gasteiger partial charge in [0.2, 0.25) is 0 Å². The Morgan fingerprint density at radius 3 is 1.15 bits per heavy atom. The molecule has 0 radical (unpaired) electrons. The molecule has 0 saturated carbocycles. The van der Waals surface area contributed by atoms with Crippen molar-refractivity contribution < 1.29 is 19.1 Å². The van der Waals surface area contributed by atoms with E-state index < -0.39 is 11.9 Å². The number of carbonyl (C=O) groups is 2. The summed E-state index contributed by atoms with van der Waals surface area (Å²) >= 11 is 35.8. The molecule has 0 unspecified atom stereocenters. The molecule has 0 aliphatic heterocycles. The molecule has 2 rings (SSSR count). The Balaban J connectivity index is 2.48. The van der Waals surface area contributed by atoms with E-state index in [2.05, 4.69) is 0 Å². The second-order valence-corrected chi connectivity index (χ2v) is 6.90. The Bertz CT molecular complexity index is 750. The van der Waals surface area contributed by atoms with Gasteiger partial charge in [-0.2, -0.15) is 0 Å². The summed E-state index contributed by atoms with van der Waals surface area (Å²) in [7, 11) is 0. The van der Waals surface area contributed by atoms with Crippen LogP contribution in [0.2, 0.25) is 20.1 Å². The monoisotopic (exact) mass is 474 g/mol. The van der Waals surface area contributed by atoms with Crippen molar-refractivity contribution in [3.8, 4) is 22.6 Å². The van der Waals surface area contributed by atoms with Crippen molar-refractivity contribution in [3.05, 3.63) is 44.4 Å². The van der Waals surface area contributed by atoms with Gasteiger partial charge in [-0.05, 0) is 0 Å². The summed E-state index contributed by atoms with van der Waals surface area (Å²) in [5, 5.41) is 0.571. The van der Waals surface area contributed by atoms with E-state index in [1.807, 2.05) is 0 Å². The number of alkyl halides is 2. The van der Waals surface area contributed by atoms with E-state index in [0.29, 0.717) is 11.1 Å². The van der Waals surface area contributed by atoms with Gasteiger partial charge in [0, 0.05) is 35.4 Å². The van der Waals surface area contributed by atoms with Crippen molar-refractivity contribution >= 4 is 81.5 Å². The second kappa shape index (κ2) is 9.36. The van der Waals surface area contributed by atoms with Crippen molar-refractivity contribution in [3.63, 3.8) is 0 Å². The molecule has 0 atom stereocenters. The Labute approximate surface area is 178 Å². The Morgan fingerprint density at radius 1 is 0.654 bits per heavy atom. The average molecular weight is 477 g/mol. The normalized spacial score (nSPS) is 10.5. The maximum Gasteiger partial charge on any atom is 0.326 e. The lowest BCUT2D eigenvalue weighted by atomic mass is 10.0. The Hall–Kier alpha value is -0.880. The molecule has 0 aliphatic carbocycles. The minimum Gasteiger partial charge on any atom is -0.426 e. The summed E-state index contributed by atoms with van der Waals surface area (Å²) < 4.78 is 9.95. The van der Waals surface area contributed by atoms with Crippen LogP contribution in [0.3, 0.4) is 0 Å². The van der Waals surface area contributed by atoms with E-state index in [1.54, 1.807) is 0 Å². The third-order valence-electron chi connectivity index (χ3n) is 2.96. The summed E-state index contributed by atoms with van der Waals surface area (Å²) in [5.41, 5.74) is 0.647. The molecule has 2 aromatic carbocycles. The van der Waals surface area contributed by atoms with E-state index in [1.165, 1.54) is 24.3 Å². The zero-order valence-corrected chi connectivity index (χ0v) is 17.2. The van der Waals surface area contributed by atoms with Crippen molar-refractivity contribution in [2.45, 2.75) is 0 Å². The predicted molar refractivity (Wildman–Crippen MR) is 105 cm³/mol. The minimum atomic E-state index is -0.659. The van der Waals surface area contributed by atoms with Crippen LogP contribution >= 0.6 is 69.6 Å². The number of hydrogen-bond donors (Lipinski definition) is 0. The van der Waals surface area contributed by atoms with E-state index >= 15 is 0 Å². The third kappa shape index (κ3) is 5.10. The van der Waals surface area contributed by atoms with Gasteiger partial charge >= 0.3 is 11.9 Å². The quantitative estimate of drug-likeness (QED) is 0.290. The van der Waals surface area contributed by atoms with Crippen LogP contribution < -0.4 is 9.47 Å². The molecule has 0 saturated heterocycles. The SMILES string of the molecule is O=C(CCl)Oc1cc(Cl)c(-c2c(Cl)cc(OC(=O)CCl)cc2Cl)c(Cl)c1. The van der Waals surface area contributed by atoms with E-state index in [-0.39, 0.29) is 43.3 Å². The topological polar surface area (TPSA) is 52.6 Å². The van der Waals surface area contributed by atoms with Gasteiger partial charge in [-0.15, -0.1) is 23.2 Å². The predicted octanol–water partition coefficient (Wildman–Crippen LogP) is 6.26. The molecule has 26 heavy (non-hydrogen) atoms. The van der Waals surface area contributed by atoms with Gasteiger partial charge in [0.15, 0.2) is 0 Å². The summed E-state index contributed by atoms with van der Waals surface area (Å²) in [4.78, 5) is 22.6. The first-order valence-electron chi connectivity index (χ1n) is 6.78. The molecule has 4 nitrogen and oxygen atoms in total. The van der Waals surface area contributed by atoms with Crippen LogP contribution in [0, 0.1) is 0 Å². The number of carbonyl (C=O) groups excluding carboxylic acids is 2. The second-order valence-electron chi connectivity index (χ2n) is 4.74. The van der Waals surface area contributed by atoms with Gasteiger partial charge in [-0.3, -0.25) is 9.59 Å². The first-order chi connectivity index (χ1) is 12.3. The molecule has 0 spiro atoms. The molecule has 0 amide bonds. The number of rotatable bonds is 5. The van der Waals surface area contributed by atoms with Crippen molar-refractivity contribution in [1.29, 1.82) is 0 Å². The number of benzene rings is 2. The fourth-order valence-corrected chi connectivity index (χ4v) is 3.43. The molecule has 138 valence electrons. The summed E-state index contributed by atoms with van der Waals surface area (Å²) in [6.45, 7) is 0. The molecule has 10 heteroatoms. The molecule has 0 aliphatic rings. The largest absolute Gasteiger partial charge is 0.426 e. The van der Waals surface area contributed by atoms with Crippen LogP contribution in [-0.2, 0) is 9.59 Å². The number of halogens is 6. The van der Waals surface area contributed by atoms with Crippen LogP contribution in [0.4, 0.5) is 0 Å². The van der Waals surface area contributed by atoms with E-state index in [4.69, 9.17) is 79.1 Å². The highest BCUT2D eigenvalue weighted by Gasteiger charge is 2.20. The van der Waals surface area contributed by atoms with Crippen LogP contribution in [0.15, 0.2) is 24.3 Å². The van der Waals surface area contributed by atoms with Crippen LogP contribution in [0.5, 0.6) is 11.5 Å². The minimum absolute atomic E-state index is 0.120. The number of esters is 2. The summed E-state index contributed by atoms with van der Waals surface area (Å²) in [5.74, 6) is -1.72.